The van der Waals surface area contributed by atoms with E-state index in [1.54, 1.807) is 24.5 Å². The Morgan fingerprint density at radius 1 is 1.42 bits per heavy atom. The first-order valence-electron chi connectivity index (χ1n) is 5.98. The molecular weight excluding hydrogens is 259 g/mol. The molecule has 1 saturated heterocycles. The number of carbonyl (C=O) groups is 1. The highest BCUT2D eigenvalue weighted by atomic mass is 19.4. The molecule has 2 rings (SSSR count). The van der Waals surface area contributed by atoms with Crippen molar-refractivity contribution in [3.05, 3.63) is 30.1 Å². The fourth-order valence-electron chi connectivity index (χ4n) is 2.22. The Bertz CT molecular complexity index is 436. The standard InChI is InChI=1S/C12H14F3N3O/c13-12(14,15)8-17-11(19)18-7-1-2-10(18)9-3-5-16-6-4-9/h3-6,10H,1-2,7-8H2,(H,17,19). The van der Waals surface area contributed by atoms with Crippen LogP contribution >= 0.6 is 0 Å². The number of pyridine rings is 1. The Morgan fingerprint density at radius 3 is 2.74 bits per heavy atom. The topological polar surface area (TPSA) is 45.2 Å². The summed E-state index contributed by atoms with van der Waals surface area (Å²) in [4.78, 5) is 17.1. The van der Waals surface area contributed by atoms with E-state index in [-0.39, 0.29) is 6.04 Å². The van der Waals surface area contributed by atoms with Crippen LogP contribution in [-0.2, 0) is 0 Å². The third-order valence-corrected chi connectivity index (χ3v) is 3.04. The molecule has 0 saturated carbocycles. The van der Waals surface area contributed by atoms with Gasteiger partial charge in [0.25, 0.3) is 0 Å². The second kappa shape index (κ2) is 5.46. The molecule has 0 aliphatic carbocycles. The van der Waals surface area contributed by atoms with Crippen molar-refractivity contribution in [1.82, 2.24) is 15.2 Å². The summed E-state index contributed by atoms with van der Waals surface area (Å²) >= 11 is 0. The third-order valence-electron chi connectivity index (χ3n) is 3.04. The van der Waals surface area contributed by atoms with Crippen molar-refractivity contribution < 1.29 is 18.0 Å². The Balaban J connectivity index is 2.01. The lowest BCUT2D eigenvalue weighted by atomic mass is 10.1. The molecule has 1 fully saturated rings. The van der Waals surface area contributed by atoms with E-state index in [4.69, 9.17) is 0 Å². The second-order valence-electron chi connectivity index (χ2n) is 4.41. The van der Waals surface area contributed by atoms with Gasteiger partial charge < -0.3 is 10.2 Å². The number of halogens is 3. The zero-order valence-electron chi connectivity index (χ0n) is 10.2. The van der Waals surface area contributed by atoms with Gasteiger partial charge in [0.2, 0.25) is 0 Å². The number of hydrogen-bond donors (Lipinski definition) is 1. The van der Waals surface area contributed by atoms with E-state index in [0.29, 0.717) is 6.54 Å². The minimum absolute atomic E-state index is 0.170. The van der Waals surface area contributed by atoms with Gasteiger partial charge in [-0.1, -0.05) is 0 Å². The number of nitrogens with zero attached hydrogens (tertiary/aromatic N) is 2. The molecule has 1 aromatic heterocycles. The molecule has 1 unspecified atom stereocenters. The summed E-state index contributed by atoms with van der Waals surface area (Å²) in [6.07, 6.45) is 0.371. The summed E-state index contributed by atoms with van der Waals surface area (Å²) < 4.78 is 36.2. The molecule has 104 valence electrons. The van der Waals surface area contributed by atoms with Gasteiger partial charge in [-0.05, 0) is 30.5 Å². The molecule has 2 amide bonds. The van der Waals surface area contributed by atoms with Crippen LogP contribution < -0.4 is 5.32 Å². The van der Waals surface area contributed by atoms with Crippen molar-refractivity contribution in [3.63, 3.8) is 0 Å². The van der Waals surface area contributed by atoms with Gasteiger partial charge in [-0.2, -0.15) is 13.2 Å². The van der Waals surface area contributed by atoms with Crippen LogP contribution in [0.15, 0.2) is 24.5 Å². The van der Waals surface area contributed by atoms with Crippen LogP contribution in [0.2, 0.25) is 0 Å². The number of hydrogen-bond acceptors (Lipinski definition) is 2. The van der Waals surface area contributed by atoms with Crippen molar-refractivity contribution in [3.8, 4) is 0 Å². The van der Waals surface area contributed by atoms with Gasteiger partial charge >= 0.3 is 12.2 Å². The summed E-state index contributed by atoms with van der Waals surface area (Å²) in [6, 6.07) is 2.72. The molecule has 0 radical (unpaired) electrons. The van der Waals surface area contributed by atoms with Crippen molar-refractivity contribution in [2.45, 2.75) is 25.1 Å². The first-order valence-corrected chi connectivity index (χ1v) is 5.98. The Kier molecular flexibility index (Phi) is 3.92. The number of nitrogens with one attached hydrogen (secondary N) is 1. The zero-order valence-corrected chi connectivity index (χ0v) is 10.2. The predicted octanol–water partition coefficient (Wildman–Crippen LogP) is 2.49. The number of aromatic nitrogens is 1. The number of carbonyl (C=O) groups excluding carboxylic acids is 1. The summed E-state index contributed by atoms with van der Waals surface area (Å²) in [5, 5.41) is 1.91. The molecule has 1 aromatic rings. The number of rotatable bonds is 2. The Hall–Kier alpha value is -1.79. The van der Waals surface area contributed by atoms with Crippen LogP contribution in [0.1, 0.15) is 24.4 Å². The molecule has 7 heteroatoms. The lowest BCUT2D eigenvalue weighted by Gasteiger charge is -2.25. The predicted molar refractivity (Wildman–Crippen MR) is 62.4 cm³/mol. The smallest absolute Gasteiger partial charge is 0.329 e. The maximum Gasteiger partial charge on any atom is 0.405 e. The highest BCUT2D eigenvalue weighted by molar-refractivity contribution is 5.75. The first-order chi connectivity index (χ1) is 8.97. The van der Waals surface area contributed by atoms with Crippen LogP contribution in [-0.4, -0.2) is 35.2 Å². The van der Waals surface area contributed by atoms with Crippen molar-refractivity contribution >= 4 is 6.03 Å². The monoisotopic (exact) mass is 273 g/mol. The molecule has 1 aliphatic heterocycles. The summed E-state index contributed by atoms with van der Waals surface area (Å²) in [5.74, 6) is 0. The van der Waals surface area contributed by atoms with Crippen molar-refractivity contribution in [2.24, 2.45) is 0 Å². The van der Waals surface area contributed by atoms with Crippen LogP contribution in [0.4, 0.5) is 18.0 Å². The number of alkyl halides is 3. The molecule has 1 atom stereocenters. The van der Waals surface area contributed by atoms with Gasteiger partial charge in [0.1, 0.15) is 6.54 Å². The van der Waals surface area contributed by atoms with Gasteiger partial charge in [-0.15, -0.1) is 0 Å². The van der Waals surface area contributed by atoms with E-state index in [1.165, 1.54) is 4.90 Å². The molecule has 19 heavy (non-hydrogen) atoms. The van der Waals surface area contributed by atoms with E-state index in [2.05, 4.69) is 4.98 Å². The highest BCUT2D eigenvalue weighted by Crippen LogP contribution is 2.31. The molecule has 0 bridgehead atoms. The van der Waals surface area contributed by atoms with Crippen LogP contribution in [0.25, 0.3) is 0 Å². The Labute approximate surface area is 108 Å². The summed E-state index contributed by atoms with van der Waals surface area (Å²) in [6.45, 7) is -0.831. The zero-order chi connectivity index (χ0) is 13.9. The van der Waals surface area contributed by atoms with Crippen LogP contribution in [0, 0.1) is 0 Å². The lowest BCUT2D eigenvalue weighted by Crippen LogP contribution is -2.43. The van der Waals surface area contributed by atoms with E-state index < -0.39 is 18.8 Å². The number of urea groups is 1. The fraction of sp³-hybridized carbons (Fsp3) is 0.500. The third kappa shape index (κ3) is 3.59. The average Bonchev–Trinajstić information content (AvgIpc) is 2.85. The molecule has 1 N–H and O–H groups in total. The van der Waals surface area contributed by atoms with Crippen molar-refractivity contribution in [1.29, 1.82) is 0 Å². The van der Waals surface area contributed by atoms with E-state index >= 15 is 0 Å². The Morgan fingerprint density at radius 2 is 2.11 bits per heavy atom. The SMILES string of the molecule is O=C(NCC(F)(F)F)N1CCCC1c1ccncc1. The normalized spacial score (nSPS) is 19.5. The maximum absolute atomic E-state index is 12.1. The quantitative estimate of drug-likeness (QED) is 0.899. The van der Waals surface area contributed by atoms with E-state index in [1.807, 2.05) is 5.32 Å². The molecule has 4 nitrogen and oxygen atoms in total. The molecule has 0 aromatic carbocycles. The summed E-state index contributed by atoms with van der Waals surface area (Å²) in [5.41, 5.74) is 0.898. The second-order valence-corrected chi connectivity index (χ2v) is 4.41. The van der Waals surface area contributed by atoms with Gasteiger partial charge in [-0.3, -0.25) is 4.98 Å². The maximum atomic E-state index is 12.1. The van der Waals surface area contributed by atoms with Crippen LogP contribution in [0.5, 0.6) is 0 Å². The van der Waals surface area contributed by atoms with E-state index in [9.17, 15) is 18.0 Å². The highest BCUT2D eigenvalue weighted by Gasteiger charge is 2.33. The molecule has 0 spiro atoms. The molecule has 1 aliphatic rings. The minimum Gasteiger partial charge on any atom is -0.329 e. The average molecular weight is 273 g/mol. The molecular formula is C12H14F3N3O. The minimum atomic E-state index is -4.39. The van der Waals surface area contributed by atoms with Crippen LogP contribution in [0.3, 0.4) is 0 Å². The summed E-state index contributed by atoms with van der Waals surface area (Å²) in [7, 11) is 0. The molecule has 2 heterocycles. The lowest BCUT2D eigenvalue weighted by molar-refractivity contribution is -0.123. The first kappa shape index (κ1) is 13.6. The number of amides is 2. The fourth-order valence-corrected chi connectivity index (χ4v) is 2.22. The van der Waals surface area contributed by atoms with Crippen molar-refractivity contribution in [2.75, 3.05) is 13.1 Å². The van der Waals surface area contributed by atoms with Gasteiger partial charge in [0, 0.05) is 18.9 Å². The number of likely N-dealkylation sites (tertiary alicyclic amines) is 1. The van der Waals surface area contributed by atoms with Gasteiger partial charge in [0.05, 0.1) is 6.04 Å². The van der Waals surface area contributed by atoms with Gasteiger partial charge in [0.15, 0.2) is 0 Å². The van der Waals surface area contributed by atoms with E-state index in [0.717, 1.165) is 18.4 Å². The van der Waals surface area contributed by atoms with Gasteiger partial charge in [-0.25, -0.2) is 4.79 Å². The largest absolute Gasteiger partial charge is 0.405 e.